The highest BCUT2D eigenvalue weighted by Crippen LogP contribution is 2.25. The average Bonchev–Trinajstić information content (AvgIpc) is 2.63. The van der Waals surface area contributed by atoms with Crippen LogP contribution in [0.1, 0.15) is 13.8 Å². The summed E-state index contributed by atoms with van der Waals surface area (Å²) in [6, 6.07) is 18.2. The highest BCUT2D eigenvalue weighted by Gasteiger charge is 2.11. The van der Waals surface area contributed by atoms with Crippen LogP contribution in [-0.2, 0) is 0 Å². The van der Waals surface area contributed by atoms with E-state index in [1.807, 2.05) is 42.5 Å². The lowest BCUT2D eigenvalue weighted by molar-refractivity contribution is 0.628. The van der Waals surface area contributed by atoms with Crippen LogP contribution in [0.15, 0.2) is 60.7 Å². The number of halogens is 1. The van der Waals surface area contributed by atoms with Gasteiger partial charge in [-0.3, -0.25) is 0 Å². The largest absolute Gasteiger partial charge is 0.341 e. The molecule has 2 aromatic carbocycles. The average molecular weight is 336 g/mol. The van der Waals surface area contributed by atoms with E-state index < -0.39 is 0 Å². The molecule has 1 heterocycles. The van der Waals surface area contributed by atoms with E-state index in [2.05, 4.69) is 29.0 Å². The number of nitrogens with zero attached hydrogens (tertiary/aromatic N) is 3. The van der Waals surface area contributed by atoms with Gasteiger partial charge in [-0.2, -0.15) is 4.98 Å². The van der Waals surface area contributed by atoms with Crippen molar-refractivity contribution in [3.63, 3.8) is 0 Å². The molecule has 0 bridgehead atoms. The second-order valence-corrected chi connectivity index (χ2v) is 5.61. The summed E-state index contributed by atoms with van der Waals surface area (Å²) in [7, 11) is 0. The Morgan fingerprint density at radius 3 is 2.36 bits per heavy atom. The van der Waals surface area contributed by atoms with Crippen LogP contribution in [0, 0.1) is 5.82 Å². The maximum Gasteiger partial charge on any atom is 0.227 e. The maximum absolute atomic E-state index is 13.4. The van der Waals surface area contributed by atoms with E-state index >= 15 is 0 Å². The van der Waals surface area contributed by atoms with E-state index in [-0.39, 0.29) is 5.82 Å². The Balaban J connectivity index is 2.03. The number of benzene rings is 2. The molecule has 0 aliphatic heterocycles. The van der Waals surface area contributed by atoms with Crippen molar-refractivity contribution in [3.05, 3.63) is 66.5 Å². The highest BCUT2D eigenvalue weighted by atomic mass is 19.1. The molecule has 4 nitrogen and oxygen atoms in total. The molecule has 0 atom stereocenters. The normalized spacial score (nSPS) is 10.5. The van der Waals surface area contributed by atoms with Gasteiger partial charge >= 0.3 is 0 Å². The molecule has 1 aromatic heterocycles. The van der Waals surface area contributed by atoms with Crippen molar-refractivity contribution >= 4 is 17.5 Å². The van der Waals surface area contributed by atoms with Gasteiger partial charge in [0.15, 0.2) is 0 Å². The molecule has 25 heavy (non-hydrogen) atoms. The standard InChI is InChI=1S/C20H21FN4/c1-3-25(4-2)20-23-18(15-9-6-5-7-10-15)14-19(24-20)22-17-12-8-11-16(21)13-17/h5-14H,3-4H2,1-2H3,(H,22,23,24). The Morgan fingerprint density at radius 2 is 1.68 bits per heavy atom. The van der Waals surface area contributed by atoms with Crippen molar-refractivity contribution in [1.82, 2.24) is 9.97 Å². The summed E-state index contributed by atoms with van der Waals surface area (Å²) in [5.74, 6) is 1.01. The smallest absolute Gasteiger partial charge is 0.227 e. The SMILES string of the molecule is CCN(CC)c1nc(Nc2cccc(F)c2)cc(-c2ccccc2)n1. The summed E-state index contributed by atoms with van der Waals surface area (Å²) in [5.41, 5.74) is 2.50. The number of hydrogen-bond acceptors (Lipinski definition) is 4. The van der Waals surface area contributed by atoms with Crippen LogP contribution in [0.2, 0.25) is 0 Å². The van der Waals surface area contributed by atoms with Gasteiger partial charge in [0.2, 0.25) is 5.95 Å². The summed E-state index contributed by atoms with van der Waals surface area (Å²) in [6.07, 6.45) is 0. The van der Waals surface area contributed by atoms with Crippen molar-refractivity contribution in [2.75, 3.05) is 23.3 Å². The molecule has 3 aromatic rings. The predicted molar refractivity (Wildman–Crippen MR) is 101 cm³/mol. The molecule has 0 amide bonds. The van der Waals surface area contributed by atoms with Crippen LogP contribution < -0.4 is 10.2 Å². The van der Waals surface area contributed by atoms with E-state index in [1.165, 1.54) is 12.1 Å². The lowest BCUT2D eigenvalue weighted by Crippen LogP contribution is -2.24. The first-order valence-electron chi connectivity index (χ1n) is 8.41. The summed E-state index contributed by atoms with van der Waals surface area (Å²) in [4.78, 5) is 11.4. The van der Waals surface area contributed by atoms with Gasteiger partial charge in [-0.25, -0.2) is 9.37 Å². The van der Waals surface area contributed by atoms with E-state index in [1.54, 1.807) is 6.07 Å². The first-order chi connectivity index (χ1) is 12.2. The van der Waals surface area contributed by atoms with Gasteiger partial charge in [0.05, 0.1) is 5.69 Å². The number of aromatic nitrogens is 2. The van der Waals surface area contributed by atoms with Crippen LogP contribution in [0.4, 0.5) is 21.8 Å². The molecule has 1 N–H and O–H groups in total. The number of nitrogens with one attached hydrogen (secondary N) is 1. The van der Waals surface area contributed by atoms with E-state index in [4.69, 9.17) is 4.98 Å². The summed E-state index contributed by atoms with van der Waals surface area (Å²) in [6.45, 7) is 5.77. The zero-order valence-electron chi connectivity index (χ0n) is 14.4. The third-order valence-corrected chi connectivity index (χ3v) is 3.93. The zero-order chi connectivity index (χ0) is 17.6. The fourth-order valence-corrected chi connectivity index (χ4v) is 2.62. The molecule has 0 saturated carbocycles. The molecule has 0 aliphatic rings. The van der Waals surface area contributed by atoms with Crippen molar-refractivity contribution in [2.45, 2.75) is 13.8 Å². The van der Waals surface area contributed by atoms with E-state index in [0.29, 0.717) is 17.5 Å². The molecule has 0 aliphatic carbocycles. The van der Waals surface area contributed by atoms with Crippen LogP contribution in [0.3, 0.4) is 0 Å². The van der Waals surface area contributed by atoms with Gasteiger partial charge in [0.1, 0.15) is 11.6 Å². The highest BCUT2D eigenvalue weighted by molar-refractivity contribution is 5.67. The van der Waals surface area contributed by atoms with Crippen LogP contribution in [0.25, 0.3) is 11.3 Å². The third kappa shape index (κ3) is 4.12. The first-order valence-corrected chi connectivity index (χ1v) is 8.41. The van der Waals surface area contributed by atoms with Crippen LogP contribution in [-0.4, -0.2) is 23.1 Å². The van der Waals surface area contributed by atoms with Crippen molar-refractivity contribution in [1.29, 1.82) is 0 Å². The van der Waals surface area contributed by atoms with Gasteiger partial charge in [-0.1, -0.05) is 36.4 Å². The van der Waals surface area contributed by atoms with Crippen molar-refractivity contribution in [2.24, 2.45) is 0 Å². The predicted octanol–water partition coefficient (Wildman–Crippen LogP) is 4.87. The van der Waals surface area contributed by atoms with Gasteiger partial charge in [-0.05, 0) is 32.0 Å². The third-order valence-electron chi connectivity index (χ3n) is 3.93. The minimum absolute atomic E-state index is 0.286. The molecule has 0 saturated heterocycles. The van der Waals surface area contributed by atoms with Crippen LogP contribution in [0.5, 0.6) is 0 Å². The maximum atomic E-state index is 13.4. The first kappa shape index (κ1) is 16.9. The molecule has 0 unspecified atom stereocenters. The van der Waals surface area contributed by atoms with Gasteiger partial charge in [0, 0.05) is 30.4 Å². The molecule has 0 radical (unpaired) electrons. The Bertz CT molecular complexity index is 832. The van der Waals surface area contributed by atoms with Gasteiger partial charge in [0.25, 0.3) is 0 Å². The van der Waals surface area contributed by atoms with E-state index in [9.17, 15) is 4.39 Å². The van der Waals surface area contributed by atoms with Gasteiger partial charge in [-0.15, -0.1) is 0 Å². The fourth-order valence-electron chi connectivity index (χ4n) is 2.62. The molecule has 5 heteroatoms. The Kier molecular flexibility index (Phi) is 5.23. The quantitative estimate of drug-likeness (QED) is 0.697. The molecule has 3 rings (SSSR count). The molecular formula is C20H21FN4. The second-order valence-electron chi connectivity index (χ2n) is 5.61. The summed E-state index contributed by atoms with van der Waals surface area (Å²) >= 11 is 0. The fraction of sp³-hybridized carbons (Fsp3) is 0.200. The minimum atomic E-state index is -0.286. The number of hydrogen-bond donors (Lipinski definition) is 1. The lowest BCUT2D eigenvalue weighted by Gasteiger charge is -2.20. The molecular weight excluding hydrogens is 315 g/mol. The molecule has 128 valence electrons. The topological polar surface area (TPSA) is 41.1 Å². The Hall–Kier alpha value is -2.95. The van der Waals surface area contributed by atoms with Crippen molar-refractivity contribution < 1.29 is 4.39 Å². The summed E-state index contributed by atoms with van der Waals surface area (Å²) in [5, 5.41) is 3.18. The number of rotatable bonds is 6. The monoisotopic (exact) mass is 336 g/mol. The van der Waals surface area contributed by atoms with Gasteiger partial charge < -0.3 is 10.2 Å². The van der Waals surface area contributed by atoms with Crippen molar-refractivity contribution in [3.8, 4) is 11.3 Å². The minimum Gasteiger partial charge on any atom is -0.341 e. The molecule has 0 spiro atoms. The Morgan fingerprint density at radius 1 is 0.920 bits per heavy atom. The number of anilines is 3. The zero-order valence-corrected chi connectivity index (χ0v) is 14.4. The second kappa shape index (κ2) is 7.75. The Labute approximate surface area is 147 Å². The van der Waals surface area contributed by atoms with E-state index in [0.717, 1.165) is 24.3 Å². The summed E-state index contributed by atoms with van der Waals surface area (Å²) < 4.78 is 13.4. The molecule has 0 fully saturated rings. The van der Waals surface area contributed by atoms with Crippen LogP contribution >= 0.6 is 0 Å². The lowest BCUT2D eigenvalue weighted by atomic mass is 10.1.